The molecule has 0 saturated carbocycles. The van der Waals surface area contributed by atoms with E-state index in [1.54, 1.807) is 12.3 Å². The number of hydrogen-bond donors (Lipinski definition) is 3. The third-order valence-corrected chi connectivity index (χ3v) is 4.95. The van der Waals surface area contributed by atoms with E-state index >= 15 is 0 Å². The van der Waals surface area contributed by atoms with E-state index in [1.165, 1.54) is 6.20 Å². The average molecular weight is 387 g/mol. The van der Waals surface area contributed by atoms with Crippen LogP contribution in [-0.4, -0.2) is 23.5 Å². The fourth-order valence-electron chi connectivity index (χ4n) is 3.59. The van der Waals surface area contributed by atoms with Crippen LogP contribution in [0, 0.1) is 0 Å². The van der Waals surface area contributed by atoms with Crippen LogP contribution in [0.2, 0.25) is 0 Å². The highest BCUT2D eigenvalue weighted by molar-refractivity contribution is 6.00. The van der Waals surface area contributed by atoms with Crippen molar-refractivity contribution in [2.75, 3.05) is 22.1 Å². The van der Waals surface area contributed by atoms with Gasteiger partial charge in [0.2, 0.25) is 0 Å². The largest absolute Gasteiger partial charge is 0.366 e. The van der Waals surface area contributed by atoms with Crippen LogP contribution in [0.3, 0.4) is 0 Å². The second-order valence-corrected chi connectivity index (χ2v) is 6.82. The van der Waals surface area contributed by atoms with Crippen LogP contribution in [0.25, 0.3) is 0 Å². The lowest BCUT2D eigenvalue weighted by Gasteiger charge is -2.32. The first-order valence-electron chi connectivity index (χ1n) is 9.34. The maximum Gasteiger partial charge on any atom is 0.323 e. The summed E-state index contributed by atoms with van der Waals surface area (Å²) in [7, 11) is 0. The number of carbonyl (C=O) groups is 2. The number of para-hydroxylation sites is 1. The molecule has 1 aromatic heterocycles. The van der Waals surface area contributed by atoms with Crippen molar-refractivity contribution in [1.29, 1.82) is 0 Å². The van der Waals surface area contributed by atoms with Crippen molar-refractivity contribution in [3.05, 3.63) is 83.7 Å². The lowest BCUT2D eigenvalue weighted by molar-refractivity contribution is 0.100. The molecule has 29 heavy (non-hydrogen) atoms. The fraction of sp³-hybridized carbons (Fsp3) is 0.136. The Morgan fingerprint density at radius 3 is 2.62 bits per heavy atom. The van der Waals surface area contributed by atoms with Crippen LogP contribution in [0.4, 0.5) is 21.9 Å². The number of rotatable bonds is 4. The number of primary amides is 1. The van der Waals surface area contributed by atoms with E-state index in [0.717, 1.165) is 34.6 Å². The molecule has 7 nitrogen and oxygen atoms in total. The number of amides is 3. The molecule has 0 saturated heterocycles. The number of urea groups is 1. The second kappa shape index (κ2) is 8.02. The molecule has 0 radical (unpaired) electrons. The number of benzene rings is 2. The van der Waals surface area contributed by atoms with E-state index in [-0.39, 0.29) is 6.03 Å². The molecule has 4 rings (SSSR count). The van der Waals surface area contributed by atoms with Crippen LogP contribution in [0.15, 0.2) is 67.0 Å². The number of anilines is 3. The topological polar surface area (TPSA) is 100 Å². The summed E-state index contributed by atoms with van der Waals surface area (Å²) in [6.07, 6.45) is 3.89. The Kier molecular flexibility index (Phi) is 5.11. The summed E-state index contributed by atoms with van der Waals surface area (Å²) in [5.41, 5.74) is 10.4. The number of pyridine rings is 1. The third kappa shape index (κ3) is 4.03. The molecule has 1 aliphatic heterocycles. The lowest BCUT2D eigenvalue weighted by atomic mass is 9.97. The third-order valence-electron chi connectivity index (χ3n) is 4.95. The molecule has 1 aliphatic rings. The van der Waals surface area contributed by atoms with Crippen molar-refractivity contribution in [1.82, 2.24) is 4.98 Å². The van der Waals surface area contributed by atoms with Crippen LogP contribution in [-0.2, 0) is 13.0 Å². The number of nitrogens with zero attached hydrogens (tertiary/aromatic N) is 2. The van der Waals surface area contributed by atoms with E-state index in [9.17, 15) is 9.59 Å². The number of hydrogen-bond acceptors (Lipinski definition) is 4. The molecular weight excluding hydrogens is 366 g/mol. The molecule has 146 valence electrons. The molecule has 2 heterocycles. The van der Waals surface area contributed by atoms with Crippen molar-refractivity contribution < 1.29 is 9.59 Å². The highest BCUT2D eigenvalue weighted by Gasteiger charge is 2.22. The Bertz CT molecular complexity index is 1050. The number of fused-ring (bicyclic) bond motifs is 1. The molecule has 7 heteroatoms. The Balaban J connectivity index is 1.53. The first kappa shape index (κ1) is 18.5. The highest BCUT2D eigenvalue weighted by atomic mass is 16.2. The van der Waals surface area contributed by atoms with Crippen LogP contribution >= 0.6 is 0 Å². The van der Waals surface area contributed by atoms with Gasteiger partial charge in [0.1, 0.15) is 0 Å². The van der Waals surface area contributed by atoms with E-state index < -0.39 is 5.91 Å². The summed E-state index contributed by atoms with van der Waals surface area (Å²) >= 11 is 0. The van der Waals surface area contributed by atoms with Crippen LogP contribution in [0.1, 0.15) is 21.5 Å². The van der Waals surface area contributed by atoms with Crippen molar-refractivity contribution >= 4 is 29.0 Å². The molecule has 0 unspecified atom stereocenters. The van der Waals surface area contributed by atoms with Gasteiger partial charge >= 0.3 is 6.03 Å². The van der Waals surface area contributed by atoms with E-state index in [1.807, 2.05) is 48.5 Å². The summed E-state index contributed by atoms with van der Waals surface area (Å²) < 4.78 is 0. The molecule has 0 bridgehead atoms. The van der Waals surface area contributed by atoms with Gasteiger partial charge in [-0.15, -0.1) is 0 Å². The van der Waals surface area contributed by atoms with Gasteiger partial charge in [-0.25, -0.2) is 4.79 Å². The van der Waals surface area contributed by atoms with Crippen molar-refractivity contribution in [3.63, 3.8) is 0 Å². The molecule has 0 aliphatic carbocycles. The minimum Gasteiger partial charge on any atom is -0.366 e. The minimum absolute atomic E-state index is 0.280. The summed E-state index contributed by atoms with van der Waals surface area (Å²) in [4.78, 5) is 30.2. The zero-order chi connectivity index (χ0) is 20.2. The monoisotopic (exact) mass is 387 g/mol. The van der Waals surface area contributed by atoms with Gasteiger partial charge in [0.25, 0.3) is 5.91 Å². The Morgan fingerprint density at radius 1 is 1.00 bits per heavy atom. The standard InChI is InChI=1S/C22H21N5O2/c23-21(28)18-13-24-11-9-20(18)27-12-10-17-15(14-27)5-4-8-19(17)26-22(29)25-16-6-2-1-3-7-16/h1-9,11,13H,10,12,14H2,(H2,23,28)(H2,25,26,29). The molecule has 3 aromatic rings. The number of nitrogens with two attached hydrogens (primary N) is 1. The summed E-state index contributed by atoms with van der Waals surface area (Å²) in [5.74, 6) is -0.494. The zero-order valence-electron chi connectivity index (χ0n) is 15.8. The van der Waals surface area contributed by atoms with E-state index in [2.05, 4.69) is 20.5 Å². The molecule has 3 amide bonds. The molecular formula is C22H21N5O2. The van der Waals surface area contributed by atoms with Gasteiger partial charge in [-0.1, -0.05) is 30.3 Å². The highest BCUT2D eigenvalue weighted by Crippen LogP contribution is 2.30. The molecule has 0 fully saturated rings. The van der Waals surface area contributed by atoms with Gasteiger partial charge < -0.3 is 21.3 Å². The maximum absolute atomic E-state index is 12.4. The van der Waals surface area contributed by atoms with Gasteiger partial charge in [-0.3, -0.25) is 9.78 Å². The predicted molar refractivity (Wildman–Crippen MR) is 113 cm³/mol. The zero-order valence-corrected chi connectivity index (χ0v) is 15.8. The van der Waals surface area contributed by atoms with Gasteiger partial charge in [0.15, 0.2) is 0 Å². The Labute approximate surface area is 168 Å². The first-order valence-corrected chi connectivity index (χ1v) is 9.34. The maximum atomic E-state index is 12.4. The van der Waals surface area contributed by atoms with Crippen LogP contribution in [0.5, 0.6) is 0 Å². The number of carbonyl (C=O) groups excluding carboxylic acids is 2. The van der Waals surface area contributed by atoms with Gasteiger partial charge in [0.05, 0.1) is 11.3 Å². The first-order chi connectivity index (χ1) is 14.1. The predicted octanol–water partition coefficient (Wildman–Crippen LogP) is 3.39. The lowest BCUT2D eigenvalue weighted by Crippen LogP contribution is -2.33. The molecule has 0 spiro atoms. The van der Waals surface area contributed by atoms with Crippen LogP contribution < -0.4 is 21.3 Å². The van der Waals surface area contributed by atoms with Gasteiger partial charge in [-0.2, -0.15) is 0 Å². The molecule has 2 aromatic carbocycles. The van der Waals surface area contributed by atoms with Crippen molar-refractivity contribution in [3.8, 4) is 0 Å². The minimum atomic E-state index is -0.494. The van der Waals surface area contributed by atoms with E-state index in [4.69, 9.17) is 5.73 Å². The summed E-state index contributed by atoms with van der Waals surface area (Å²) in [5, 5.41) is 5.78. The fourth-order valence-corrected chi connectivity index (χ4v) is 3.59. The average Bonchev–Trinajstić information content (AvgIpc) is 2.74. The normalized spacial score (nSPS) is 12.8. The number of nitrogens with one attached hydrogen (secondary N) is 2. The SMILES string of the molecule is NC(=O)c1cnccc1N1CCc2c(cccc2NC(=O)Nc2ccccc2)C1. The smallest absolute Gasteiger partial charge is 0.323 e. The summed E-state index contributed by atoms with van der Waals surface area (Å²) in [6.45, 7) is 1.33. The van der Waals surface area contributed by atoms with Crippen molar-refractivity contribution in [2.24, 2.45) is 5.73 Å². The second-order valence-electron chi connectivity index (χ2n) is 6.82. The Morgan fingerprint density at radius 2 is 1.83 bits per heavy atom. The van der Waals surface area contributed by atoms with Gasteiger partial charge in [-0.05, 0) is 41.8 Å². The summed E-state index contributed by atoms with van der Waals surface area (Å²) in [6, 6.07) is 16.7. The van der Waals surface area contributed by atoms with Crippen molar-refractivity contribution in [2.45, 2.75) is 13.0 Å². The quantitative estimate of drug-likeness (QED) is 0.639. The Hall–Kier alpha value is -3.87. The molecule has 0 atom stereocenters. The van der Waals surface area contributed by atoms with E-state index in [0.29, 0.717) is 18.7 Å². The van der Waals surface area contributed by atoms with Gasteiger partial charge in [0, 0.05) is 36.9 Å². The number of aromatic nitrogens is 1. The molecule has 4 N–H and O–H groups in total.